The summed E-state index contributed by atoms with van der Waals surface area (Å²) in [6.45, 7) is 6.81. The molecule has 6 amide bonds. The van der Waals surface area contributed by atoms with Gasteiger partial charge in [-0.1, -0.05) is 43.3 Å². The third kappa shape index (κ3) is 21.2. The van der Waals surface area contributed by atoms with Crippen molar-refractivity contribution in [2.24, 2.45) is 0 Å². The summed E-state index contributed by atoms with van der Waals surface area (Å²) in [6.07, 6.45) is -13.7. The second-order valence-corrected chi connectivity index (χ2v) is 30.8. The van der Waals surface area contributed by atoms with Gasteiger partial charge in [-0.05, 0) is 99.4 Å². The number of likely N-dealkylation sites (tertiary alicyclic amines) is 3. The van der Waals surface area contributed by atoms with Crippen LogP contribution in [0, 0.1) is 17.5 Å². The van der Waals surface area contributed by atoms with Crippen LogP contribution in [-0.2, 0) is 38.2 Å². The Kier molecular flexibility index (Phi) is 27.9. The number of hydrogen-bond donors (Lipinski definition) is 6. The first kappa shape index (κ1) is 93.1. The summed E-state index contributed by atoms with van der Waals surface area (Å²) in [6, 6.07) is 18.1. The zero-order chi connectivity index (χ0) is 93.0. The molecule has 4 atom stereocenters. The fourth-order valence-corrected chi connectivity index (χ4v) is 15.0. The maximum Gasteiger partial charge on any atom is 0.423 e. The van der Waals surface area contributed by atoms with E-state index in [1.54, 1.807) is 81.4 Å². The molecule has 3 saturated heterocycles. The predicted molar refractivity (Wildman–Crippen MR) is 436 cm³/mol. The van der Waals surface area contributed by atoms with Crippen LogP contribution in [0.1, 0.15) is 128 Å². The monoisotopic (exact) mass is 1810 g/mol. The second-order valence-electron chi connectivity index (χ2n) is 30.8. The van der Waals surface area contributed by atoms with Gasteiger partial charge in [-0.2, -0.15) is 54.5 Å². The molecular formula is C85H84F14N18O12. The van der Waals surface area contributed by atoms with E-state index in [4.69, 9.17) is 28.4 Å². The highest BCUT2D eigenvalue weighted by molar-refractivity contribution is 6.03. The molecule has 0 saturated carbocycles. The summed E-state index contributed by atoms with van der Waals surface area (Å²) in [7, 11) is 11.9. The van der Waals surface area contributed by atoms with E-state index in [1.165, 1.54) is 60.3 Å². The van der Waals surface area contributed by atoms with Gasteiger partial charge in [-0.15, -0.1) is 0 Å². The van der Waals surface area contributed by atoms with E-state index in [0.29, 0.717) is 61.2 Å². The van der Waals surface area contributed by atoms with Crippen molar-refractivity contribution in [3.63, 3.8) is 0 Å². The molecule has 0 spiro atoms. The Morgan fingerprint density at radius 2 is 0.729 bits per heavy atom. The number of hydrogen-bond acceptors (Lipinski definition) is 24. The number of piperidine rings is 3. The minimum absolute atomic E-state index is 0.0316. The van der Waals surface area contributed by atoms with Crippen LogP contribution in [0.5, 0.6) is 52.1 Å². The Morgan fingerprint density at radius 3 is 1.01 bits per heavy atom. The summed E-state index contributed by atoms with van der Waals surface area (Å²) >= 11 is 0. The number of methoxy groups -OCH3 is 3. The van der Waals surface area contributed by atoms with Gasteiger partial charge in [0.25, 0.3) is 35.4 Å². The Hall–Kier alpha value is -13.5. The van der Waals surface area contributed by atoms with Crippen LogP contribution >= 0.6 is 0 Å². The Labute approximate surface area is 727 Å². The second kappa shape index (κ2) is 38.6. The molecule has 6 N–H and O–H groups in total. The van der Waals surface area contributed by atoms with Crippen molar-refractivity contribution < 1.29 is 119 Å². The molecular weight excluding hydrogens is 1730 g/mol. The standard InChI is InChI=1S/C29H30F4N6O4.2C28H27F5N6O4/c1-4-39-10-8-17(9-11-39)35-25(40)18-12-23(42-3)21(13-20(18)30)36-28-34-14-19(29(31,32)33)26(37-28)43-22-7-5-6-16-15-38(2)27(41)24(16)22;2*1-38-8-7-19(18(30)13-38)35-24(40)15-9-22(42-3)20(10-17(15)29)36-27-34-11-16(28(31,32)33)25(37-27)43-21-6-4-5-14-12-39(2)26(41)23(14)21/h5-7,12-14,17H,4,8-11,15H2,1-3H3,(H,35,40)(H,34,36,37);2*4-6,9-11,18-19H,7-8,12-13H2,1-3H3,(H,35,40)(H,34,36,37)/t;2*18-,19+/m.10/s1. The van der Waals surface area contributed by atoms with Gasteiger partial charge in [0.1, 0.15) is 81.0 Å². The highest BCUT2D eigenvalue weighted by Crippen LogP contribution is 2.46. The van der Waals surface area contributed by atoms with Gasteiger partial charge in [0.05, 0.1) is 83.9 Å². The van der Waals surface area contributed by atoms with Crippen molar-refractivity contribution in [2.75, 3.05) is 118 Å². The van der Waals surface area contributed by atoms with Crippen LogP contribution in [-0.4, -0.2) is 228 Å². The SMILES string of the molecule is CCN1CCC(NC(=O)c2cc(OC)c(Nc3ncc(C(F)(F)F)c(Oc4cccc5c4C(=O)N(C)C5)n3)cc2F)CC1.COc1cc(C(=O)N[C@@H]2CCN(C)C[C@@H]2F)c(F)cc1Nc1ncc(C(F)(F)F)c(Oc2cccc3c2C(=O)N(C)C3)n1.COc1cc(C(=O)N[C@H]2CCN(C)C[C@H]2F)c(F)cc1Nc1ncc(C(F)(F)F)c(Oc2cccc3c2C(=O)N(C)C3)n1. The van der Waals surface area contributed by atoms with E-state index in [1.807, 2.05) is 0 Å². The molecule has 129 heavy (non-hydrogen) atoms. The van der Waals surface area contributed by atoms with Crippen LogP contribution < -0.4 is 60.3 Å². The van der Waals surface area contributed by atoms with Gasteiger partial charge >= 0.3 is 18.5 Å². The topological polar surface area (TPSA) is 327 Å². The molecule has 6 aromatic carbocycles. The Morgan fingerprint density at radius 1 is 0.426 bits per heavy atom. The van der Waals surface area contributed by atoms with Crippen molar-refractivity contribution >= 4 is 70.4 Å². The van der Waals surface area contributed by atoms with Crippen molar-refractivity contribution in [3.05, 3.63) is 194 Å². The minimum Gasteiger partial charge on any atom is -0.495 e. The molecule has 0 radical (unpaired) electrons. The summed E-state index contributed by atoms with van der Waals surface area (Å²) in [5, 5.41) is 15.7. The van der Waals surface area contributed by atoms with E-state index < -0.39 is 153 Å². The summed E-state index contributed by atoms with van der Waals surface area (Å²) in [5.41, 5.74) is -3.10. The number of alkyl halides is 11. The van der Waals surface area contributed by atoms with Gasteiger partial charge in [-0.3, -0.25) is 28.8 Å². The van der Waals surface area contributed by atoms with E-state index in [9.17, 15) is 77.1 Å². The van der Waals surface area contributed by atoms with Gasteiger partial charge in [-0.25, -0.2) is 36.9 Å². The molecule has 9 heterocycles. The fourth-order valence-electron chi connectivity index (χ4n) is 15.0. The largest absolute Gasteiger partial charge is 0.495 e. The number of carbonyl (C=O) groups is 6. The van der Waals surface area contributed by atoms with Crippen LogP contribution in [0.25, 0.3) is 0 Å². The summed E-state index contributed by atoms with van der Waals surface area (Å²) in [5.74, 6) is -10.7. The smallest absolute Gasteiger partial charge is 0.423 e. The zero-order valence-electron chi connectivity index (χ0n) is 70.2. The maximum absolute atomic E-state index is 15.2. The molecule has 684 valence electrons. The van der Waals surface area contributed by atoms with Crippen LogP contribution in [0.15, 0.2) is 110 Å². The number of benzene rings is 6. The van der Waals surface area contributed by atoms with Crippen LogP contribution in [0.2, 0.25) is 0 Å². The quantitative estimate of drug-likeness (QED) is 0.0343. The molecule has 44 heteroatoms. The molecule has 30 nitrogen and oxygen atoms in total. The number of rotatable bonds is 22. The normalized spacial score (nSPS) is 17.8. The molecule has 0 unspecified atom stereocenters. The molecule has 6 aliphatic rings. The maximum atomic E-state index is 15.2. The predicted octanol–water partition coefficient (Wildman–Crippen LogP) is 14.1. The lowest BCUT2D eigenvalue weighted by Gasteiger charge is -2.32. The zero-order valence-corrected chi connectivity index (χ0v) is 70.2. The first-order valence-electron chi connectivity index (χ1n) is 39.9. The van der Waals surface area contributed by atoms with Gasteiger partial charge in [0, 0.05) is 123 Å². The van der Waals surface area contributed by atoms with Crippen molar-refractivity contribution in [1.82, 2.24) is 75.3 Å². The van der Waals surface area contributed by atoms with Crippen molar-refractivity contribution in [1.29, 1.82) is 0 Å². The number of amides is 6. The molecule has 3 fully saturated rings. The van der Waals surface area contributed by atoms with E-state index >= 15 is 13.2 Å². The lowest BCUT2D eigenvalue weighted by molar-refractivity contribution is -0.140. The number of halogens is 14. The average Bonchev–Trinajstić information content (AvgIpc) is 1.69. The van der Waals surface area contributed by atoms with Crippen LogP contribution in [0.3, 0.4) is 0 Å². The summed E-state index contributed by atoms with van der Waals surface area (Å²) < 4.78 is 231. The Balaban J connectivity index is 0.000000165. The van der Waals surface area contributed by atoms with Gasteiger partial charge in [0.15, 0.2) is 0 Å². The third-order valence-corrected chi connectivity index (χ3v) is 21.9. The number of aromatic nitrogens is 6. The molecule has 9 aromatic rings. The van der Waals surface area contributed by atoms with E-state index in [-0.39, 0.29) is 119 Å². The number of carbonyl (C=O) groups excluding carboxylic acids is 6. The van der Waals surface area contributed by atoms with Crippen molar-refractivity contribution in [3.8, 4) is 52.1 Å². The molecule has 6 aliphatic heterocycles. The number of ether oxygens (including phenoxy) is 6. The van der Waals surface area contributed by atoms with Gasteiger partial charge < -0.3 is 89.7 Å². The highest BCUT2D eigenvalue weighted by atomic mass is 19.4. The first-order valence-corrected chi connectivity index (χ1v) is 39.9. The third-order valence-electron chi connectivity index (χ3n) is 21.9. The van der Waals surface area contributed by atoms with Gasteiger partial charge in [0.2, 0.25) is 35.5 Å². The number of nitrogens with one attached hydrogen (secondary N) is 6. The average molecular weight is 1820 g/mol. The first-order chi connectivity index (χ1) is 61.2. The summed E-state index contributed by atoms with van der Waals surface area (Å²) in [4.78, 5) is 109. The Bertz CT molecular complexity index is 5540. The lowest BCUT2D eigenvalue weighted by Crippen LogP contribution is -2.51. The minimum atomic E-state index is -4.90. The van der Waals surface area contributed by atoms with E-state index in [2.05, 4.69) is 73.6 Å². The molecule has 0 aliphatic carbocycles. The lowest BCUT2D eigenvalue weighted by atomic mass is 10.0. The van der Waals surface area contributed by atoms with E-state index in [0.717, 1.165) is 62.8 Å². The molecule has 0 bridgehead atoms. The highest BCUT2D eigenvalue weighted by Gasteiger charge is 2.43. The number of anilines is 6. The molecule has 15 rings (SSSR count). The molecule has 3 aromatic heterocycles. The van der Waals surface area contributed by atoms with Crippen molar-refractivity contribution in [2.45, 2.75) is 101 Å². The number of nitrogens with zero attached hydrogens (tertiary/aromatic N) is 12. The number of fused-ring (bicyclic) bond motifs is 3. The fraction of sp³-hybridized carbons (Fsp3) is 0.365. The van der Waals surface area contributed by atoms with Crippen LogP contribution in [0.4, 0.5) is 96.4 Å².